The maximum atomic E-state index is 12.6. The molecular formula is C17H21NO5. The number of carboxylic acid groups (broad SMARTS) is 1. The fourth-order valence-electron chi connectivity index (χ4n) is 3.50. The third-order valence-electron chi connectivity index (χ3n) is 4.64. The van der Waals surface area contributed by atoms with E-state index in [0.717, 1.165) is 12.0 Å². The molecule has 3 unspecified atom stereocenters. The molecule has 0 bridgehead atoms. The fraction of sp³-hybridized carbons (Fsp3) is 0.529. The minimum absolute atomic E-state index is 0.0164. The van der Waals surface area contributed by atoms with Crippen molar-refractivity contribution in [2.75, 3.05) is 6.61 Å². The molecule has 1 spiro atoms. The second-order valence-corrected chi connectivity index (χ2v) is 6.37. The zero-order valence-corrected chi connectivity index (χ0v) is 13.1. The number of hydrogen-bond acceptors (Lipinski definition) is 4. The molecule has 0 radical (unpaired) electrons. The average Bonchev–Trinajstić information content (AvgIpc) is 3.10. The lowest BCUT2D eigenvalue weighted by molar-refractivity contribution is -0.143. The molecule has 1 aliphatic heterocycles. The summed E-state index contributed by atoms with van der Waals surface area (Å²) in [6.07, 6.45) is 1.59. The Morgan fingerprint density at radius 3 is 2.74 bits per heavy atom. The Labute approximate surface area is 135 Å². The first kappa shape index (κ1) is 15.8. The highest BCUT2D eigenvalue weighted by molar-refractivity contribution is 5.81. The van der Waals surface area contributed by atoms with Gasteiger partial charge in [0.1, 0.15) is 12.3 Å². The van der Waals surface area contributed by atoms with Crippen molar-refractivity contribution in [3.63, 3.8) is 0 Å². The van der Waals surface area contributed by atoms with Gasteiger partial charge in [-0.15, -0.1) is 0 Å². The van der Waals surface area contributed by atoms with Gasteiger partial charge in [0.05, 0.1) is 6.61 Å². The van der Waals surface area contributed by atoms with E-state index in [1.54, 1.807) is 0 Å². The monoisotopic (exact) mass is 319 g/mol. The van der Waals surface area contributed by atoms with Crippen LogP contribution in [0.5, 0.6) is 0 Å². The summed E-state index contributed by atoms with van der Waals surface area (Å²) in [6, 6.07) is 8.34. The molecule has 1 N–H and O–H groups in total. The number of rotatable bonds is 3. The molecule has 0 aromatic heterocycles. The first-order valence-corrected chi connectivity index (χ1v) is 7.88. The lowest BCUT2D eigenvalue weighted by atomic mass is 10.1. The Kier molecular flexibility index (Phi) is 4.26. The van der Waals surface area contributed by atoms with Crippen molar-refractivity contribution in [3.8, 4) is 0 Å². The lowest BCUT2D eigenvalue weighted by Crippen LogP contribution is -2.52. The first-order valence-electron chi connectivity index (χ1n) is 7.88. The van der Waals surface area contributed by atoms with E-state index in [4.69, 9.17) is 9.47 Å². The van der Waals surface area contributed by atoms with E-state index < -0.39 is 23.8 Å². The van der Waals surface area contributed by atoms with Crippen molar-refractivity contribution in [2.45, 2.75) is 44.6 Å². The van der Waals surface area contributed by atoms with Gasteiger partial charge in [0.15, 0.2) is 6.04 Å². The van der Waals surface area contributed by atoms with E-state index in [1.807, 2.05) is 30.3 Å². The number of carbonyl (C=O) groups excluding carboxylic acids is 1. The van der Waals surface area contributed by atoms with E-state index in [9.17, 15) is 14.7 Å². The van der Waals surface area contributed by atoms with Gasteiger partial charge in [0.25, 0.3) is 0 Å². The summed E-state index contributed by atoms with van der Waals surface area (Å²) in [5, 5.41) is 9.40. The van der Waals surface area contributed by atoms with Crippen LogP contribution in [-0.2, 0) is 20.9 Å². The molecule has 3 atom stereocenters. The Hall–Kier alpha value is -2.08. The van der Waals surface area contributed by atoms with Gasteiger partial charge in [-0.05, 0) is 30.7 Å². The molecule has 6 heteroatoms. The Balaban J connectivity index is 1.75. The SMILES string of the molecule is CC1CCC2(C1)OCC(C(=O)O)N2C(=O)OCc1ccccc1. The van der Waals surface area contributed by atoms with Crippen LogP contribution in [0.1, 0.15) is 31.7 Å². The van der Waals surface area contributed by atoms with Crippen molar-refractivity contribution in [1.29, 1.82) is 0 Å². The minimum Gasteiger partial charge on any atom is -0.480 e. The maximum Gasteiger partial charge on any atom is 0.413 e. The lowest BCUT2D eigenvalue weighted by Gasteiger charge is -2.34. The van der Waals surface area contributed by atoms with Gasteiger partial charge in [0, 0.05) is 0 Å². The molecule has 1 amide bonds. The molecule has 124 valence electrons. The number of ether oxygens (including phenoxy) is 2. The van der Waals surface area contributed by atoms with E-state index in [2.05, 4.69) is 6.92 Å². The molecule has 3 rings (SSSR count). The average molecular weight is 319 g/mol. The summed E-state index contributed by atoms with van der Waals surface area (Å²) >= 11 is 0. The summed E-state index contributed by atoms with van der Waals surface area (Å²) in [6.45, 7) is 2.22. The van der Waals surface area contributed by atoms with Gasteiger partial charge < -0.3 is 14.6 Å². The van der Waals surface area contributed by atoms with Crippen LogP contribution in [0.4, 0.5) is 4.79 Å². The third-order valence-corrected chi connectivity index (χ3v) is 4.64. The molecule has 1 aromatic carbocycles. The van der Waals surface area contributed by atoms with E-state index >= 15 is 0 Å². The first-order chi connectivity index (χ1) is 11.0. The van der Waals surface area contributed by atoms with Crippen LogP contribution in [0.3, 0.4) is 0 Å². The molecule has 2 aliphatic rings. The van der Waals surface area contributed by atoms with Crippen LogP contribution in [0.25, 0.3) is 0 Å². The zero-order chi connectivity index (χ0) is 16.4. The molecule has 1 aromatic rings. The van der Waals surface area contributed by atoms with Crippen LogP contribution in [0.15, 0.2) is 30.3 Å². The van der Waals surface area contributed by atoms with Gasteiger partial charge >= 0.3 is 12.1 Å². The van der Waals surface area contributed by atoms with Crippen LogP contribution >= 0.6 is 0 Å². The third kappa shape index (κ3) is 3.03. The topological polar surface area (TPSA) is 76.1 Å². The second kappa shape index (κ2) is 6.20. The zero-order valence-electron chi connectivity index (χ0n) is 13.1. The molecule has 2 fully saturated rings. The van der Waals surface area contributed by atoms with Crippen molar-refractivity contribution >= 4 is 12.1 Å². The number of nitrogens with zero attached hydrogens (tertiary/aromatic N) is 1. The van der Waals surface area contributed by atoms with Gasteiger partial charge in [0.2, 0.25) is 0 Å². The van der Waals surface area contributed by atoms with Crippen molar-refractivity contribution in [3.05, 3.63) is 35.9 Å². The van der Waals surface area contributed by atoms with Crippen molar-refractivity contribution in [1.82, 2.24) is 4.90 Å². The van der Waals surface area contributed by atoms with E-state index in [-0.39, 0.29) is 13.2 Å². The summed E-state index contributed by atoms with van der Waals surface area (Å²) in [4.78, 5) is 25.4. The molecule has 1 heterocycles. The Morgan fingerprint density at radius 1 is 1.39 bits per heavy atom. The number of carbonyl (C=O) groups is 2. The molecule has 1 saturated heterocycles. The van der Waals surface area contributed by atoms with Crippen LogP contribution in [0.2, 0.25) is 0 Å². The summed E-state index contributed by atoms with van der Waals surface area (Å²) in [5.41, 5.74) is 0.0395. The highest BCUT2D eigenvalue weighted by Crippen LogP contribution is 2.44. The minimum atomic E-state index is -1.06. The quantitative estimate of drug-likeness (QED) is 0.927. The maximum absolute atomic E-state index is 12.6. The van der Waals surface area contributed by atoms with Gasteiger partial charge in [-0.25, -0.2) is 9.59 Å². The predicted molar refractivity (Wildman–Crippen MR) is 81.6 cm³/mol. The Morgan fingerprint density at radius 2 is 2.13 bits per heavy atom. The largest absolute Gasteiger partial charge is 0.480 e. The molecule has 23 heavy (non-hydrogen) atoms. The molecule has 1 saturated carbocycles. The number of hydrogen-bond donors (Lipinski definition) is 1. The van der Waals surface area contributed by atoms with Crippen LogP contribution in [0, 0.1) is 5.92 Å². The van der Waals surface area contributed by atoms with Crippen LogP contribution in [-0.4, -0.2) is 40.4 Å². The van der Waals surface area contributed by atoms with Crippen molar-refractivity contribution in [2.24, 2.45) is 5.92 Å². The summed E-state index contributed by atoms with van der Waals surface area (Å²) in [7, 11) is 0. The molecule has 1 aliphatic carbocycles. The van der Waals surface area contributed by atoms with E-state index in [1.165, 1.54) is 4.90 Å². The highest BCUT2D eigenvalue weighted by atomic mass is 16.6. The number of carboxylic acids is 1. The normalized spacial score (nSPS) is 29.9. The van der Waals surface area contributed by atoms with Gasteiger partial charge in [-0.2, -0.15) is 0 Å². The second-order valence-electron chi connectivity index (χ2n) is 6.37. The summed E-state index contributed by atoms with van der Waals surface area (Å²) in [5.74, 6) is -0.662. The summed E-state index contributed by atoms with van der Waals surface area (Å²) < 4.78 is 11.1. The van der Waals surface area contributed by atoms with Crippen LogP contribution < -0.4 is 0 Å². The number of amides is 1. The number of aliphatic carboxylic acids is 1. The van der Waals surface area contributed by atoms with Gasteiger partial charge in [-0.1, -0.05) is 37.3 Å². The molecule has 6 nitrogen and oxygen atoms in total. The van der Waals surface area contributed by atoms with Crippen molar-refractivity contribution < 1.29 is 24.2 Å². The van der Waals surface area contributed by atoms with Gasteiger partial charge in [-0.3, -0.25) is 4.90 Å². The number of benzene rings is 1. The highest BCUT2D eigenvalue weighted by Gasteiger charge is 2.56. The Bertz CT molecular complexity index is 590. The van der Waals surface area contributed by atoms with E-state index in [0.29, 0.717) is 18.8 Å². The smallest absolute Gasteiger partial charge is 0.413 e. The molecular weight excluding hydrogens is 298 g/mol. The standard InChI is InChI=1S/C17H21NO5/c1-12-7-8-17(9-12)18(14(11-23-17)15(19)20)16(21)22-10-13-5-3-2-4-6-13/h2-6,12,14H,7-11H2,1H3,(H,19,20). The fourth-order valence-corrected chi connectivity index (χ4v) is 3.50. The predicted octanol–water partition coefficient (Wildman–Crippen LogP) is 2.62.